The second-order valence-electron chi connectivity index (χ2n) is 7.75. The Balaban J connectivity index is 0.00000243. The number of benzene rings is 1. The number of piperidine rings is 1. The van der Waals surface area contributed by atoms with Crippen LogP contribution in [0.1, 0.15) is 61.7 Å². The van der Waals surface area contributed by atoms with Gasteiger partial charge >= 0.3 is 0 Å². The lowest BCUT2D eigenvalue weighted by Crippen LogP contribution is -2.36. The number of nitrogens with zero attached hydrogens (tertiary/aromatic N) is 3. The number of hydrogen-bond donors (Lipinski definition) is 2. The van der Waals surface area contributed by atoms with E-state index in [0.717, 1.165) is 31.5 Å². The third-order valence-corrected chi connectivity index (χ3v) is 4.70. The predicted molar refractivity (Wildman–Crippen MR) is 105 cm³/mol. The van der Waals surface area contributed by atoms with E-state index in [-0.39, 0.29) is 29.8 Å². The van der Waals surface area contributed by atoms with Crippen LogP contribution in [-0.4, -0.2) is 34.0 Å². The smallest absolute Gasteiger partial charge is 0.273 e. The number of carbonyl (C=O) groups excluding carboxylic acids is 1. The third kappa shape index (κ3) is 4.83. The summed E-state index contributed by atoms with van der Waals surface area (Å²) in [4.78, 5) is 12.7. The minimum atomic E-state index is -0.177. The molecule has 1 fully saturated rings. The minimum absolute atomic E-state index is 0. The SMILES string of the molecule is CC(C)(C)C(NC(=O)c1cn(C2CCNCC2)nn1)c1ccccc1.Cl. The molecule has 0 saturated carbocycles. The number of rotatable bonds is 4. The van der Waals surface area contributed by atoms with Crippen molar-refractivity contribution in [1.29, 1.82) is 0 Å². The summed E-state index contributed by atoms with van der Waals surface area (Å²) in [6.45, 7) is 8.32. The molecule has 0 radical (unpaired) electrons. The second-order valence-corrected chi connectivity index (χ2v) is 7.75. The molecule has 0 bridgehead atoms. The van der Waals surface area contributed by atoms with Crippen molar-refractivity contribution in [3.8, 4) is 0 Å². The Labute approximate surface area is 161 Å². The van der Waals surface area contributed by atoms with E-state index in [1.807, 2.05) is 35.0 Å². The summed E-state index contributed by atoms with van der Waals surface area (Å²) >= 11 is 0. The van der Waals surface area contributed by atoms with E-state index < -0.39 is 0 Å². The molecule has 1 atom stereocenters. The highest BCUT2D eigenvalue weighted by Gasteiger charge is 2.29. The summed E-state index contributed by atoms with van der Waals surface area (Å²) in [6.07, 6.45) is 3.80. The van der Waals surface area contributed by atoms with Crippen LogP contribution in [0.5, 0.6) is 0 Å². The van der Waals surface area contributed by atoms with Gasteiger partial charge in [0, 0.05) is 0 Å². The lowest BCUT2D eigenvalue weighted by molar-refractivity contribution is 0.0896. The van der Waals surface area contributed by atoms with Gasteiger partial charge in [0.15, 0.2) is 5.69 Å². The molecule has 1 aromatic heterocycles. The third-order valence-electron chi connectivity index (χ3n) is 4.70. The highest BCUT2D eigenvalue weighted by molar-refractivity contribution is 5.92. The van der Waals surface area contributed by atoms with Crippen LogP contribution in [-0.2, 0) is 0 Å². The number of aromatic nitrogens is 3. The average molecular weight is 378 g/mol. The highest BCUT2D eigenvalue weighted by Crippen LogP contribution is 2.32. The summed E-state index contributed by atoms with van der Waals surface area (Å²) in [5.74, 6) is -0.177. The number of carbonyl (C=O) groups is 1. The van der Waals surface area contributed by atoms with E-state index in [1.165, 1.54) is 0 Å². The molecule has 1 aromatic carbocycles. The molecular formula is C19H28ClN5O. The fourth-order valence-electron chi connectivity index (χ4n) is 3.28. The normalized spacial score (nSPS) is 16.6. The Bertz CT molecular complexity index is 704. The molecule has 1 saturated heterocycles. The van der Waals surface area contributed by atoms with Gasteiger partial charge < -0.3 is 10.6 Å². The molecule has 3 rings (SSSR count). The molecule has 0 aliphatic carbocycles. The molecule has 2 aromatic rings. The maximum atomic E-state index is 12.7. The molecule has 142 valence electrons. The van der Waals surface area contributed by atoms with Gasteiger partial charge in [-0.15, -0.1) is 17.5 Å². The van der Waals surface area contributed by atoms with Gasteiger partial charge in [-0.3, -0.25) is 4.79 Å². The Kier molecular flexibility index (Phi) is 6.78. The van der Waals surface area contributed by atoms with Crippen molar-refractivity contribution in [1.82, 2.24) is 25.6 Å². The van der Waals surface area contributed by atoms with Gasteiger partial charge in [0.1, 0.15) is 0 Å². The van der Waals surface area contributed by atoms with Crippen molar-refractivity contribution >= 4 is 18.3 Å². The van der Waals surface area contributed by atoms with Crippen molar-refractivity contribution in [3.05, 3.63) is 47.8 Å². The summed E-state index contributed by atoms with van der Waals surface area (Å²) in [6, 6.07) is 10.3. The molecule has 26 heavy (non-hydrogen) atoms. The van der Waals surface area contributed by atoms with Crippen LogP contribution in [0.4, 0.5) is 0 Å². The largest absolute Gasteiger partial charge is 0.343 e. The van der Waals surface area contributed by atoms with Crippen LogP contribution in [0.15, 0.2) is 36.5 Å². The monoisotopic (exact) mass is 377 g/mol. The van der Waals surface area contributed by atoms with Crippen LogP contribution < -0.4 is 10.6 Å². The van der Waals surface area contributed by atoms with Gasteiger partial charge in [0.25, 0.3) is 5.91 Å². The maximum absolute atomic E-state index is 12.7. The summed E-state index contributed by atoms with van der Waals surface area (Å²) in [7, 11) is 0. The molecule has 0 spiro atoms. The summed E-state index contributed by atoms with van der Waals surface area (Å²) in [5.41, 5.74) is 1.36. The fraction of sp³-hybridized carbons (Fsp3) is 0.526. The Morgan fingerprint density at radius 1 is 1.23 bits per heavy atom. The van der Waals surface area contributed by atoms with Crippen LogP contribution in [0.3, 0.4) is 0 Å². The first kappa shape index (κ1) is 20.4. The Morgan fingerprint density at radius 3 is 2.50 bits per heavy atom. The summed E-state index contributed by atoms with van der Waals surface area (Å²) in [5, 5.41) is 14.8. The number of hydrogen-bond acceptors (Lipinski definition) is 4. The van der Waals surface area contributed by atoms with Gasteiger partial charge in [-0.25, -0.2) is 4.68 Å². The van der Waals surface area contributed by atoms with E-state index in [2.05, 4.69) is 41.7 Å². The number of halogens is 1. The van der Waals surface area contributed by atoms with E-state index in [4.69, 9.17) is 0 Å². The first-order valence-electron chi connectivity index (χ1n) is 8.93. The van der Waals surface area contributed by atoms with E-state index in [9.17, 15) is 4.79 Å². The molecule has 6 nitrogen and oxygen atoms in total. The molecule has 1 aliphatic rings. The van der Waals surface area contributed by atoms with Crippen molar-refractivity contribution in [2.24, 2.45) is 5.41 Å². The van der Waals surface area contributed by atoms with Gasteiger partial charge in [-0.05, 0) is 36.9 Å². The Hall–Kier alpha value is -1.92. The molecule has 1 aliphatic heterocycles. The van der Waals surface area contributed by atoms with E-state index in [1.54, 1.807) is 6.20 Å². The number of nitrogens with one attached hydrogen (secondary N) is 2. The topological polar surface area (TPSA) is 71.8 Å². The van der Waals surface area contributed by atoms with Crippen LogP contribution >= 0.6 is 12.4 Å². The van der Waals surface area contributed by atoms with Crippen molar-refractivity contribution in [2.75, 3.05) is 13.1 Å². The van der Waals surface area contributed by atoms with Gasteiger partial charge in [0.2, 0.25) is 0 Å². The van der Waals surface area contributed by atoms with Crippen LogP contribution in [0.2, 0.25) is 0 Å². The zero-order chi connectivity index (χ0) is 17.9. The highest BCUT2D eigenvalue weighted by atomic mass is 35.5. The quantitative estimate of drug-likeness (QED) is 0.858. The lowest BCUT2D eigenvalue weighted by atomic mass is 9.82. The lowest BCUT2D eigenvalue weighted by Gasteiger charge is -2.31. The van der Waals surface area contributed by atoms with Crippen molar-refractivity contribution in [3.63, 3.8) is 0 Å². The van der Waals surface area contributed by atoms with Gasteiger partial charge in [0.05, 0.1) is 18.3 Å². The maximum Gasteiger partial charge on any atom is 0.273 e. The van der Waals surface area contributed by atoms with E-state index >= 15 is 0 Å². The summed E-state index contributed by atoms with van der Waals surface area (Å²) < 4.78 is 1.84. The predicted octanol–water partition coefficient (Wildman–Crippen LogP) is 3.14. The molecular weight excluding hydrogens is 350 g/mol. The van der Waals surface area contributed by atoms with E-state index in [0.29, 0.717) is 11.7 Å². The second kappa shape index (κ2) is 8.64. The molecule has 1 unspecified atom stereocenters. The zero-order valence-corrected chi connectivity index (χ0v) is 16.4. The zero-order valence-electron chi connectivity index (χ0n) is 15.6. The molecule has 2 N–H and O–H groups in total. The molecule has 2 heterocycles. The van der Waals surface area contributed by atoms with Crippen LogP contribution in [0, 0.1) is 5.41 Å². The van der Waals surface area contributed by atoms with Crippen molar-refractivity contribution in [2.45, 2.75) is 45.7 Å². The van der Waals surface area contributed by atoms with Gasteiger partial charge in [-0.2, -0.15) is 0 Å². The van der Waals surface area contributed by atoms with Crippen LogP contribution in [0.25, 0.3) is 0 Å². The fourth-order valence-corrected chi connectivity index (χ4v) is 3.28. The minimum Gasteiger partial charge on any atom is -0.343 e. The number of amides is 1. The molecule has 1 amide bonds. The standard InChI is InChI=1S/C19H27N5O.ClH/c1-19(2,3)17(14-7-5-4-6-8-14)21-18(25)16-13-24(23-22-16)15-9-11-20-12-10-15;/h4-8,13,15,17,20H,9-12H2,1-3H3,(H,21,25);1H. The first-order chi connectivity index (χ1) is 11.9. The van der Waals surface area contributed by atoms with Gasteiger partial charge in [-0.1, -0.05) is 56.3 Å². The van der Waals surface area contributed by atoms with Crippen molar-refractivity contribution < 1.29 is 4.79 Å². The Morgan fingerprint density at radius 2 is 1.88 bits per heavy atom. The first-order valence-corrected chi connectivity index (χ1v) is 8.93. The average Bonchev–Trinajstić information content (AvgIpc) is 3.10. The molecule has 7 heteroatoms.